The van der Waals surface area contributed by atoms with Gasteiger partial charge in [0.2, 0.25) is 0 Å². The van der Waals surface area contributed by atoms with E-state index in [9.17, 15) is 0 Å². The average molecular weight is 565 g/mol. The molecule has 2 aromatic heterocycles. The largest absolute Gasteiger partial charge is 0.309 e. The summed E-state index contributed by atoms with van der Waals surface area (Å²) in [6, 6.07) is 53.1. The predicted molar refractivity (Wildman–Crippen MR) is 181 cm³/mol. The molecular formula is C40H28N4. The quantitative estimate of drug-likeness (QED) is 0.209. The number of hydrogen-bond acceptors (Lipinski definition) is 3. The normalized spacial score (nSPS) is 11.3. The predicted octanol–water partition coefficient (Wildman–Crippen LogP) is 9.95. The van der Waals surface area contributed by atoms with Crippen LogP contribution in [0, 0.1) is 6.92 Å². The molecule has 0 fully saturated rings. The minimum Gasteiger partial charge on any atom is -0.309 e. The molecule has 6 aromatic carbocycles. The van der Waals surface area contributed by atoms with Crippen LogP contribution in [0.15, 0.2) is 152 Å². The molecule has 0 unspecified atom stereocenters. The van der Waals surface area contributed by atoms with Gasteiger partial charge in [0.25, 0.3) is 0 Å². The lowest BCUT2D eigenvalue weighted by Crippen LogP contribution is -2.00. The smallest absolute Gasteiger partial charge is 0.163 e. The van der Waals surface area contributed by atoms with E-state index in [1.54, 1.807) is 0 Å². The van der Waals surface area contributed by atoms with Crippen molar-refractivity contribution >= 4 is 21.8 Å². The van der Waals surface area contributed by atoms with E-state index in [0.29, 0.717) is 17.5 Å². The Morgan fingerprint density at radius 3 is 1.39 bits per heavy atom. The number of rotatable bonds is 5. The van der Waals surface area contributed by atoms with Crippen molar-refractivity contribution in [2.45, 2.75) is 6.92 Å². The van der Waals surface area contributed by atoms with E-state index in [-0.39, 0.29) is 0 Å². The molecule has 0 N–H and O–H groups in total. The minimum atomic E-state index is 0.660. The highest BCUT2D eigenvalue weighted by Crippen LogP contribution is 2.34. The Hall–Kier alpha value is -5.87. The number of fused-ring (bicyclic) bond motifs is 3. The van der Waals surface area contributed by atoms with Crippen LogP contribution < -0.4 is 0 Å². The van der Waals surface area contributed by atoms with Crippen LogP contribution in [0.5, 0.6) is 0 Å². The van der Waals surface area contributed by atoms with E-state index in [0.717, 1.165) is 39.1 Å². The SMILES string of the molecule is Cc1nc(-c2ccc(-n3c4ccccc4c4ccccc43)cc2)nc(-c2cc(-c3ccccc3)cc(-c3ccccc3)c2)n1. The van der Waals surface area contributed by atoms with Crippen LogP contribution in [-0.2, 0) is 0 Å². The summed E-state index contributed by atoms with van der Waals surface area (Å²) in [6.45, 7) is 1.93. The van der Waals surface area contributed by atoms with Crippen LogP contribution in [0.25, 0.3) is 72.5 Å². The zero-order valence-electron chi connectivity index (χ0n) is 24.2. The first-order valence-corrected chi connectivity index (χ1v) is 14.8. The Kier molecular flexibility index (Phi) is 6.31. The first-order valence-electron chi connectivity index (χ1n) is 14.8. The average Bonchev–Trinajstić information content (AvgIpc) is 3.43. The van der Waals surface area contributed by atoms with E-state index >= 15 is 0 Å². The first-order chi connectivity index (χ1) is 21.7. The second-order valence-electron chi connectivity index (χ2n) is 11.0. The molecule has 0 amide bonds. The Morgan fingerprint density at radius 1 is 0.386 bits per heavy atom. The number of hydrogen-bond donors (Lipinski definition) is 0. The summed E-state index contributed by atoms with van der Waals surface area (Å²) in [5.41, 5.74) is 9.92. The van der Waals surface area contributed by atoms with E-state index < -0.39 is 0 Å². The van der Waals surface area contributed by atoms with Gasteiger partial charge in [0, 0.05) is 27.6 Å². The van der Waals surface area contributed by atoms with Crippen molar-refractivity contribution < 1.29 is 0 Å². The molecule has 0 radical (unpaired) electrons. The molecule has 0 aliphatic rings. The van der Waals surface area contributed by atoms with Crippen molar-refractivity contribution in [2.75, 3.05) is 0 Å². The van der Waals surface area contributed by atoms with Crippen LogP contribution in [0.3, 0.4) is 0 Å². The zero-order valence-corrected chi connectivity index (χ0v) is 24.2. The van der Waals surface area contributed by atoms with Gasteiger partial charge in [-0.15, -0.1) is 0 Å². The fourth-order valence-electron chi connectivity index (χ4n) is 6.05. The fraction of sp³-hybridized carbons (Fsp3) is 0.0250. The van der Waals surface area contributed by atoms with Crippen LogP contribution >= 0.6 is 0 Å². The Balaban J connectivity index is 1.22. The summed E-state index contributed by atoms with van der Waals surface area (Å²) >= 11 is 0. The van der Waals surface area contributed by atoms with Crippen LogP contribution in [0.4, 0.5) is 0 Å². The molecule has 0 saturated heterocycles. The fourth-order valence-corrected chi connectivity index (χ4v) is 6.05. The van der Waals surface area contributed by atoms with Crippen molar-refractivity contribution in [1.29, 1.82) is 0 Å². The van der Waals surface area contributed by atoms with E-state index in [4.69, 9.17) is 15.0 Å². The molecule has 0 aliphatic carbocycles. The Bertz CT molecular complexity index is 2160. The lowest BCUT2D eigenvalue weighted by atomic mass is 9.96. The van der Waals surface area contributed by atoms with Gasteiger partial charge in [-0.1, -0.05) is 97.1 Å². The Labute approximate surface area is 256 Å². The van der Waals surface area contributed by atoms with Gasteiger partial charge >= 0.3 is 0 Å². The molecule has 8 aromatic rings. The van der Waals surface area contributed by atoms with Gasteiger partial charge in [0.15, 0.2) is 11.6 Å². The molecule has 0 saturated carbocycles. The maximum Gasteiger partial charge on any atom is 0.163 e. The molecule has 0 spiro atoms. The third kappa shape index (κ3) is 4.63. The van der Waals surface area contributed by atoms with Crippen molar-refractivity contribution in [3.8, 4) is 50.7 Å². The molecule has 2 heterocycles. The van der Waals surface area contributed by atoms with Gasteiger partial charge in [0.05, 0.1) is 11.0 Å². The summed E-state index contributed by atoms with van der Waals surface area (Å²) < 4.78 is 2.32. The molecule has 208 valence electrons. The summed E-state index contributed by atoms with van der Waals surface area (Å²) in [4.78, 5) is 14.6. The maximum absolute atomic E-state index is 5.01. The number of aryl methyl sites for hydroxylation is 1. The summed E-state index contributed by atoms with van der Waals surface area (Å²) in [6.07, 6.45) is 0. The monoisotopic (exact) mass is 564 g/mol. The van der Waals surface area contributed by atoms with Gasteiger partial charge in [-0.25, -0.2) is 15.0 Å². The molecule has 8 rings (SSSR count). The van der Waals surface area contributed by atoms with E-state index in [1.807, 2.05) is 19.1 Å². The van der Waals surface area contributed by atoms with Crippen molar-refractivity contribution in [3.05, 3.63) is 157 Å². The van der Waals surface area contributed by atoms with Gasteiger partial charge in [-0.2, -0.15) is 0 Å². The van der Waals surface area contributed by atoms with Gasteiger partial charge in [-0.3, -0.25) is 0 Å². The molecule has 4 nitrogen and oxygen atoms in total. The molecule has 44 heavy (non-hydrogen) atoms. The molecule has 0 aliphatic heterocycles. The topological polar surface area (TPSA) is 43.6 Å². The number of para-hydroxylation sites is 2. The zero-order chi connectivity index (χ0) is 29.5. The minimum absolute atomic E-state index is 0.660. The van der Waals surface area contributed by atoms with E-state index in [2.05, 4.69) is 144 Å². The standard InChI is InChI=1S/C40H28N4/c1-27-41-39(30-20-22-34(23-21-30)44-37-18-10-8-16-35(37)36-17-9-11-19-38(36)44)43-40(42-27)33-25-31(28-12-4-2-5-13-28)24-32(26-33)29-14-6-3-7-15-29/h2-26H,1H3. The summed E-state index contributed by atoms with van der Waals surface area (Å²) in [5.74, 6) is 2.00. The lowest BCUT2D eigenvalue weighted by Gasteiger charge is -2.12. The van der Waals surface area contributed by atoms with Gasteiger partial charge in [0.1, 0.15) is 5.82 Å². The highest BCUT2D eigenvalue weighted by atomic mass is 15.0. The van der Waals surface area contributed by atoms with Crippen LogP contribution in [0.2, 0.25) is 0 Å². The van der Waals surface area contributed by atoms with Gasteiger partial charge < -0.3 is 4.57 Å². The third-order valence-electron chi connectivity index (χ3n) is 8.12. The van der Waals surface area contributed by atoms with Crippen molar-refractivity contribution in [1.82, 2.24) is 19.5 Å². The van der Waals surface area contributed by atoms with Crippen LogP contribution in [-0.4, -0.2) is 19.5 Å². The second kappa shape index (κ2) is 10.8. The molecule has 0 bridgehead atoms. The van der Waals surface area contributed by atoms with Crippen molar-refractivity contribution in [3.63, 3.8) is 0 Å². The number of aromatic nitrogens is 4. The number of nitrogens with zero attached hydrogens (tertiary/aromatic N) is 4. The van der Waals surface area contributed by atoms with E-state index in [1.165, 1.54) is 21.8 Å². The first kappa shape index (κ1) is 25.8. The third-order valence-corrected chi connectivity index (χ3v) is 8.12. The highest BCUT2D eigenvalue weighted by Gasteiger charge is 2.14. The summed E-state index contributed by atoms with van der Waals surface area (Å²) in [7, 11) is 0. The number of benzene rings is 6. The summed E-state index contributed by atoms with van der Waals surface area (Å²) in [5, 5.41) is 2.50. The molecule has 4 heteroatoms. The van der Waals surface area contributed by atoms with Crippen molar-refractivity contribution in [2.24, 2.45) is 0 Å². The Morgan fingerprint density at radius 2 is 0.841 bits per heavy atom. The lowest BCUT2D eigenvalue weighted by molar-refractivity contribution is 0.991. The highest BCUT2D eigenvalue weighted by molar-refractivity contribution is 6.09. The van der Waals surface area contributed by atoms with Gasteiger partial charge in [-0.05, 0) is 83.8 Å². The second-order valence-corrected chi connectivity index (χ2v) is 11.0. The molecule has 0 atom stereocenters. The van der Waals surface area contributed by atoms with Crippen LogP contribution in [0.1, 0.15) is 5.82 Å². The maximum atomic E-state index is 5.01. The molecular weight excluding hydrogens is 536 g/mol.